The van der Waals surface area contributed by atoms with E-state index in [0.29, 0.717) is 0 Å². The van der Waals surface area contributed by atoms with Gasteiger partial charge < -0.3 is 5.32 Å². The number of hydrogen-bond acceptors (Lipinski definition) is 1. The van der Waals surface area contributed by atoms with Crippen LogP contribution in [-0.2, 0) is 17.6 Å². The van der Waals surface area contributed by atoms with Crippen LogP contribution in [0.3, 0.4) is 0 Å². The molecule has 0 heterocycles. The smallest absolute Gasteiger partial charge is 0.223 e. The molecule has 0 spiro atoms. The molecule has 1 N–H and O–H groups in total. The van der Waals surface area contributed by atoms with Crippen molar-refractivity contribution in [1.82, 2.24) is 5.32 Å². The predicted octanol–water partition coefficient (Wildman–Crippen LogP) is 3.47. The van der Waals surface area contributed by atoms with Gasteiger partial charge in [-0.25, -0.2) is 0 Å². The molecule has 0 aliphatic heterocycles. The molecule has 1 aromatic carbocycles. The molecule has 0 fully saturated rings. The van der Waals surface area contributed by atoms with Gasteiger partial charge in [0.25, 0.3) is 0 Å². The maximum Gasteiger partial charge on any atom is 0.223 e. The summed E-state index contributed by atoms with van der Waals surface area (Å²) in [5.41, 5.74) is 2.62. The van der Waals surface area contributed by atoms with Gasteiger partial charge in [0.05, 0.1) is 0 Å². The number of alkyl halides is 1. The first-order valence-electron chi connectivity index (χ1n) is 6.96. The van der Waals surface area contributed by atoms with Crippen molar-refractivity contribution in [1.29, 1.82) is 0 Å². The van der Waals surface area contributed by atoms with E-state index in [1.807, 2.05) is 0 Å². The van der Waals surface area contributed by atoms with E-state index in [1.165, 1.54) is 11.1 Å². The number of nitrogens with one attached hydrogen (secondary N) is 1. The number of halogens is 1. The molecule has 1 aromatic rings. The predicted molar refractivity (Wildman–Crippen MR) is 82.6 cm³/mol. The first kappa shape index (κ1) is 14.6. The molecule has 1 atom stereocenters. The second-order valence-electron chi connectivity index (χ2n) is 6.02. The molecule has 104 valence electrons. The van der Waals surface area contributed by atoms with Crippen LogP contribution in [0.5, 0.6) is 0 Å². The fourth-order valence-corrected chi connectivity index (χ4v) is 3.65. The lowest BCUT2D eigenvalue weighted by molar-refractivity contribution is -0.127. The van der Waals surface area contributed by atoms with Gasteiger partial charge in [0, 0.05) is 16.8 Å². The van der Waals surface area contributed by atoms with Crippen molar-refractivity contribution in [2.45, 2.75) is 45.1 Å². The lowest BCUT2D eigenvalue weighted by Crippen LogP contribution is -2.47. The summed E-state index contributed by atoms with van der Waals surface area (Å²) in [4.78, 5) is 12.4. The highest BCUT2D eigenvalue weighted by Gasteiger charge is 2.28. The van der Waals surface area contributed by atoms with Crippen LogP contribution in [-0.4, -0.2) is 16.8 Å². The molecule has 0 saturated heterocycles. The minimum Gasteiger partial charge on any atom is -0.351 e. The van der Waals surface area contributed by atoms with Crippen LogP contribution >= 0.6 is 15.9 Å². The Hall–Kier alpha value is -0.830. The van der Waals surface area contributed by atoms with Gasteiger partial charge in [-0.1, -0.05) is 40.2 Å². The number of rotatable bonds is 4. The van der Waals surface area contributed by atoms with E-state index in [-0.39, 0.29) is 17.4 Å². The summed E-state index contributed by atoms with van der Waals surface area (Å²) in [5.74, 6) is 0.338. The quantitative estimate of drug-likeness (QED) is 0.844. The van der Waals surface area contributed by atoms with E-state index in [0.717, 1.165) is 31.0 Å². The van der Waals surface area contributed by atoms with Crippen molar-refractivity contribution < 1.29 is 4.79 Å². The molecule has 3 heteroatoms. The Bertz CT molecular complexity index is 456. The summed E-state index contributed by atoms with van der Waals surface area (Å²) in [6, 6.07) is 8.48. The zero-order valence-corrected chi connectivity index (χ0v) is 13.3. The molecule has 1 aliphatic carbocycles. The van der Waals surface area contributed by atoms with E-state index in [2.05, 4.69) is 59.4 Å². The largest absolute Gasteiger partial charge is 0.351 e. The Labute approximate surface area is 124 Å². The van der Waals surface area contributed by atoms with Gasteiger partial charge in [-0.3, -0.25) is 4.79 Å². The van der Waals surface area contributed by atoms with E-state index >= 15 is 0 Å². The van der Waals surface area contributed by atoms with Crippen LogP contribution in [0, 0.1) is 5.92 Å². The number of aryl methyl sites for hydroxylation is 1. The van der Waals surface area contributed by atoms with Crippen molar-refractivity contribution in [3.8, 4) is 0 Å². The Morgan fingerprint density at radius 1 is 1.37 bits per heavy atom. The van der Waals surface area contributed by atoms with E-state index in [9.17, 15) is 4.79 Å². The van der Waals surface area contributed by atoms with Gasteiger partial charge in [-0.15, -0.1) is 0 Å². The number of benzene rings is 1. The average Bonchev–Trinajstić information content (AvgIpc) is 2.37. The summed E-state index contributed by atoms with van der Waals surface area (Å²) in [7, 11) is 0. The number of carbonyl (C=O) groups is 1. The Kier molecular flexibility index (Phi) is 4.67. The van der Waals surface area contributed by atoms with Crippen LogP contribution in [0.1, 0.15) is 37.8 Å². The second-order valence-corrected chi connectivity index (χ2v) is 6.81. The van der Waals surface area contributed by atoms with Gasteiger partial charge >= 0.3 is 0 Å². The van der Waals surface area contributed by atoms with Gasteiger partial charge in [0.2, 0.25) is 5.91 Å². The minimum atomic E-state index is -0.127. The molecule has 0 bridgehead atoms. The van der Waals surface area contributed by atoms with Gasteiger partial charge in [0.1, 0.15) is 0 Å². The highest BCUT2D eigenvalue weighted by atomic mass is 79.9. The summed E-state index contributed by atoms with van der Waals surface area (Å²) < 4.78 is 0. The summed E-state index contributed by atoms with van der Waals surface area (Å²) in [6.45, 7) is 4.17. The first-order valence-corrected chi connectivity index (χ1v) is 8.09. The molecule has 1 amide bonds. The lowest BCUT2D eigenvalue weighted by Gasteiger charge is -2.30. The summed E-state index contributed by atoms with van der Waals surface area (Å²) >= 11 is 3.44. The number of hydrogen-bond donors (Lipinski definition) is 1. The normalized spacial score (nSPS) is 18.8. The van der Waals surface area contributed by atoms with Crippen LogP contribution in [0.15, 0.2) is 24.3 Å². The highest BCUT2D eigenvalue weighted by Crippen LogP contribution is 2.26. The highest BCUT2D eigenvalue weighted by molar-refractivity contribution is 9.09. The zero-order valence-electron chi connectivity index (χ0n) is 11.7. The molecule has 19 heavy (non-hydrogen) atoms. The van der Waals surface area contributed by atoms with E-state index in [4.69, 9.17) is 0 Å². The summed E-state index contributed by atoms with van der Waals surface area (Å²) in [5, 5.41) is 4.10. The van der Waals surface area contributed by atoms with Gasteiger partial charge in [0.15, 0.2) is 0 Å². The number of fused-ring (bicyclic) bond motifs is 1. The molecule has 0 radical (unpaired) electrons. The fourth-order valence-electron chi connectivity index (χ4n) is 2.66. The number of amides is 1. The van der Waals surface area contributed by atoms with E-state index in [1.54, 1.807) is 0 Å². The maximum atomic E-state index is 12.4. The van der Waals surface area contributed by atoms with Gasteiger partial charge in [-0.05, 0) is 50.7 Å². The van der Waals surface area contributed by atoms with Crippen LogP contribution in [0.4, 0.5) is 0 Å². The van der Waals surface area contributed by atoms with Crippen molar-refractivity contribution in [2.75, 3.05) is 5.33 Å². The summed E-state index contributed by atoms with van der Waals surface area (Å²) in [6.07, 6.45) is 3.81. The molecule has 0 saturated carbocycles. The topological polar surface area (TPSA) is 29.1 Å². The SMILES string of the molecule is CC(C)(CCBr)NC(=O)C1CCc2ccccc2C1. The van der Waals surface area contributed by atoms with Crippen molar-refractivity contribution in [3.63, 3.8) is 0 Å². The average molecular weight is 324 g/mol. The number of carbonyl (C=O) groups excluding carboxylic acids is 1. The molecule has 0 aromatic heterocycles. The molecular weight excluding hydrogens is 302 g/mol. The monoisotopic (exact) mass is 323 g/mol. The lowest BCUT2D eigenvalue weighted by atomic mass is 9.83. The van der Waals surface area contributed by atoms with Crippen molar-refractivity contribution >= 4 is 21.8 Å². The van der Waals surface area contributed by atoms with Crippen molar-refractivity contribution in [2.24, 2.45) is 5.92 Å². The maximum absolute atomic E-state index is 12.4. The van der Waals surface area contributed by atoms with Crippen LogP contribution in [0.2, 0.25) is 0 Å². The molecular formula is C16H22BrNO. The minimum absolute atomic E-state index is 0.127. The molecule has 2 nitrogen and oxygen atoms in total. The van der Waals surface area contributed by atoms with Gasteiger partial charge in [-0.2, -0.15) is 0 Å². The standard InChI is InChI=1S/C16H22BrNO/c1-16(2,9-10-17)18-15(19)14-8-7-12-5-3-4-6-13(12)11-14/h3-6,14H,7-11H2,1-2H3,(H,18,19). The third-order valence-electron chi connectivity index (χ3n) is 3.90. The third kappa shape index (κ3) is 3.82. The molecule has 2 rings (SSSR count). The third-order valence-corrected chi connectivity index (χ3v) is 4.30. The fraction of sp³-hybridized carbons (Fsp3) is 0.562. The Morgan fingerprint density at radius 2 is 2.05 bits per heavy atom. The molecule has 1 unspecified atom stereocenters. The van der Waals surface area contributed by atoms with E-state index < -0.39 is 0 Å². The first-order chi connectivity index (χ1) is 9.02. The Balaban J connectivity index is 1.99. The van der Waals surface area contributed by atoms with Crippen molar-refractivity contribution in [3.05, 3.63) is 35.4 Å². The second kappa shape index (κ2) is 6.08. The van der Waals surface area contributed by atoms with Crippen LogP contribution < -0.4 is 5.32 Å². The Morgan fingerprint density at radius 3 is 2.74 bits per heavy atom. The zero-order chi connectivity index (χ0) is 13.9. The molecule has 1 aliphatic rings. The van der Waals surface area contributed by atoms with Crippen LogP contribution in [0.25, 0.3) is 0 Å².